The third-order valence-corrected chi connectivity index (χ3v) is 7.42. The zero-order valence-electron chi connectivity index (χ0n) is 22.4. The highest BCUT2D eigenvalue weighted by Gasteiger charge is 2.26. The molecule has 2 rings (SSSR count). The molecule has 0 radical (unpaired) electrons. The second-order valence-corrected chi connectivity index (χ2v) is 9.88. The van der Waals surface area contributed by atoms with E-state index in [1.54, 1.807) is 0 Å². The molecule has 0 bridgehead atoms. The Morgan fingerprint density at radius 3 is 1.90 bits per heavy atom. The molecule has 182 valence electrons. The van der Waals surface area contributed by atoms with Gasteiger partial charge in [-0.3, -0.25) is 0 Å². The Bertz CT molecular complexity index is 357. The van der Waals surface area contributed by atoms with Crippen molar-refractivity contribution >= 4 is 0 Å². The van der Waals surface area contributed by atoms with Crippen molar-refractivity contribution in [1.82, 2.24) is 14.7 Å². The van der Waals surface area contributed by atoms with E-state index in [-0.39, 0.29) is 0 Å². The topological polar surface area (TPSA) is 9.72 Å². The summed E-state index contributed by atoms with van der Waals surface area (Å²) in [5.74, 6) is 0.991. The van der Waals surface area contributed by atoms with Gasteiger partial charge in [-0.2, -0.15) is 0 Å². The summed E-state index contributed by atoms with van der Waals surface area (Å²) in [5.41, 5.74) is 0.534. The van der Waals surface area contributed by atoms with Crippen molar-refractivity contribution in [2.24, 2.45) is 11.3 Å². The summed E-state index contributed by atoms with van der Waals surface area (Å²) < 4.78 is 0. The summed E-state index contributed by atoms with van der Waals surface area (Å²) in [7, 11) is 2.26. The van der Waals surface area contributed by atoms with Crippen molar-refractivity contribution in [3.8, 4) is 0 Å². The van der Waals surface area contributed by atoms with Gasteiger partial charge in [-0.1, -0.05) is 61.3 Å². The summed E-state index contributed by atoms with van der Waals surface area (Å²) in [4.78, 5) is 7.93. The van der Waals surface area contributed by atoms with E-state index in [9.17, 15) is 0 Å². The molecule has 0 aromatic heterocycles. The molecule has 0 spiro atoms. The molecule has 0 saturated carbocycles. The van der Waals surface area contributed by atoms with Crippen LogP contribution in [0.1, 0.15) is 106 Å². The molecule has 2 aliphatic rings. The average Bonchev–Trinajstić information content (AvgIpc) is 3.00. The molecule has 0 aliphatic carbocycles. The van der Waals surface area contributed by atoms with Crippen LogP contribution in [0, 0.1) is 11.3 Å². The molecule has 0 N–H and O–H groups in total. The minimum Gasteiger partial charge on any atom is -0.305 e. The van der Waals surface area contributed by atoms with Crippen molar-refractivity contribution < 1.29 is 0 Å². The Morgan fingerprint density at radius 2 is 1.37 bits per heavy atom. The number of hydrogen-bond donors (Lipinski definition) is 0. The third kappa shape index (κ3) is 13.3. The van der Waals surface area contributed by atoms with Gasteiger partial charge in [-0.25, -0.2) is 0 Å². The first kappa shape index (κ1) is 29.9. The Kier molecular flexibility index (Phi) is 18.4. The van der Waals surface area contributed by atoms with Gasteiger partial charge in [0.2, 0.25) is 0 Å². The minimum atomic E-state index is 0.534. The fraction of sp³-hybridized carbons (Fsp3) is 1.00. The monoisotopic (exact) mass is 425 g/mol. The van der Waals surface area contributed by atoms with Crippen molar-refractivity contribution in [2.45, 2.75) is 106 Å². The van der Waals surface area contributed by atoms with Crippen LogP contribution in [0.4, 0.5) is 0 Å². The van der Waals surface area contributed by atoms with E-state index in [4.69, 9.17) is 0 Å². The Labute approximate surface area is 192 Å². The number of rotatable bonds is 9. The van der Waals surface area contributed by atoms with Crippen LogP contribution in [-0.2, 0) is 0 Å². The first-order chi connectivity index (χ1) is 14.5. The molecule has 2 fully saturated rings. The number of nitrogens with zero attached hydrogens (tertiary/aromatic N) is 3. The molecule has 0 aromatic carbocycles. The lowest BCUT2D eigenvalue weighted by molar-refractivity contribution is 0.109. The molecule has 2 saturated heterocycles. The van der Waals surface area contributed by atoms with E-state index < -0.39 is 0 Å². The third-order valence-electron chi connectivity index (χ3n) is 7.42. The molecule has 3 heteroatoms. The van der Waals surface area contributed by atoms with E-state index in [1.165, 1.54) is 110 Å². The van der Waals surface area contributed by atoms with Gasteiger partial charge in [0.25, 0.3) is 0 Å². The molecule has 0 amide bonds. The van der Waals surface area contributed by atoms with Crippen LogP contribution in [0.2, 0.25) is 0 Å². The first-order valence-electron chi connectivity index (χ1n) is 13.6. The predicted octanol–water partition coefficient (Wildman–Crippen LogP) is 6.78. The van der Waals surface area contributed by atoms with Gasteiger partial charge >= 0.3 is 0 Å². The lowest BCUT2D eigenvalue weighted by Crippen LogP contribution is -2.40. The van der Waals surface area contributed by atoms with Crippen molar-refractivity contribution in [1.29, 1.82) is 0 Å². The number of likely N-dealkylation sites (tertiary alicyclic amines) is 1. The predicted molar refractivity (Wildman–Crippen MR) is 138 cm³/mol. The molecule has 3 nitrogen and oxygen atoms in total. The van der Waals surface area contributed by atoms with E-state index in [1.807, 2.05) is 13.8 Å². The maximum atomic E-state index is 2.74. The smallest absolute Gasteiger partial charge is 0.0109 e. The van der Waals surface area contributed by atoms with E-state index in [0.29, 0.717) is 5.41 Å². The van der Waals surface area contributed by atoms with Crippen molar-refractivity contribution in [3.63, 3.8) is 0 Å². The summed E-state index contributed by atoms with van der Waals surface area (Å²) in [6.45, 7) is 26.0. The highest BCUT2D eigenvalue weighted by molar-refractivity contribution is 4.80. The molecular weight excluding hydrogens is 366 g/mol. The minimum absolute atomic E-state index is 0.534. The Balaban J connectivity index is 0.00000125. The molecule has 30 heavy (non-hydrogen) atoms. The zero-order valence-corrected chi connectivity index (χ0v) is 22.4. The summed E-state index contributed by atoms with van der Waals surface area (Å²) in [5, 5.41) is 0. The van der Waals surface area contributed by atoms with Crippen LogP contribution in [0.25, 0.3) is 0 Å². The standard InChI is InChI=1S/C21H43N3.C4H10.C2H6/c1-5-21(3,6-2)19-24-15-10-20(11-16-24)9-7-13-23-14-8-12-22(4)17-18-23;1-3-4-2;1-2/h20H,5-19H2,1-4H3;3-4H2,1-2H3;1-2H3. The van der Waals surface area contributed by atoms with Crippen LogP contribution in [0.15, 0.2) is 0 Å². The van der Waals surface area contributed by atoms with Crippen molar-refractivity contribution in [2.75, 3.05) is 59.4 Å². The Hall–Kier alpha value is -0.120. The van der Waals surface area contributed by atoms with Crippen LogP contribution >= 0.6 is 0 Å². The number of piperidine rings is 1. The molecule has 2 heterocycles. The SMILES string of the molecule is CC.CCC(C)(CC)CN1CCC(CCCN2CCCN(C)CC2)CC1.CCCC. The molecule has 2 aliphatic heterocycles. The average molecular weight is 426 g/mol. The van der Waals surface area contributed by atoms with E-state index >= 15 is 0 Å². The van der Waals surface area contributed by atoms with Gasteiger partial charge in [-0.15, -0.1) is 0 Å². The van der Waals surface area contributed by atoms with Gasteiger partial charge in [0.05, 0.1) is 0 Å². The quantitative estimate of drug-likeness (QED) is 0.403. The number of likely N-dealkylation sites (N-methyl/N-ethyl adjacent to an activating group) is 1. The maximum absolute atomic E-state index is 2.74. The van der Waals surface area contributed by atoms with Crippen LogP contribution in [-0.4, -0.2) is 74.1 Å². The number of unbranched alkanes of at least 4 members (excludes halogenated alkanes) is 1. The van der Waals surface area contributed by atoms with Crippen molar-refractivity contribution in [3.05, 3.63) is 0 Å². The van der Waals surface area contributed by atoms with Crippen LogP contribution < -0.4 is 0 Å². The number of hydrogen-bond acceptors (Lipinski definition) is 3. The fourth-order valence-electron chi connectivity index (χ4n) is 4.37. The highest BCUT2D eigenvalue weighted by Crippen LogP contribution is 2.29. The summed E-state index contributed by atoms with van der Waals surface area (Å²) in [6.07, 6.45) is 12.4. The molecule has 0 unspecified atom stereocenters. The fourth-order valence-corrected chi connectivity index (χ4v) is 4.37. The second-order valence-electron chi connectivity index (χ2n) is 9.88. The van der Waals surface area contributed by atoms with Gasteiger partial charge < -0.3 is 14.7 Å². The second kappa shape index (κ2) is 18.5. The zero-order chi connectivity index (χ0) is 22.8. The van der Waals surface area contributed by atoms with Gasteiger partial charge in [0.15, 0.2) is 0 Å². The largest absolute Gasteiger partial charge is 0.305 e. The first-order valence-corrected chi connectivity index (χ1v) is 13.6. The summed E-state index contributed by atoms with van der Waals surface area (Å²) in [6, 6.07) is 0. The summed E-state index contributed by atoms with van der Waals surface area (Å²) >= 11 is 0. The lowest BCUT2D eigenvalue weighted by Gasteiger charge is -2.38. The van der Waals surface area contributed by atoms with Gasteiger partial charge in [0.1, 0.15) is 0 Å². The van der Waals surface area contributed by atoms with Gasteiger partial charge in [-0.05, 0) is 96.1 Å². The van der Waals surface area contributed by atoms with Crippen LogP contribution in [0.5, 0.6) is 0 Å². The van der Waals surface area contributed by atoms with Crippen LogP contribution in [0.3, 0.4) is 0 Å². The lowest BCUT2D eigenvalue weighted by atomic mass is 9.83. The normalized spacial score (nSPS) is 20.0. The molecular formula is C27H59N3. The van der Waals surface area contributed by atoms with E-state index in [2.05, 4.69) is 56.4 Å². The van der Waals surface area contributed by atoms with E-state index in [0.717, 1.165) is 5.92 Å². The highest BCUT2D eigenvalue weighted by atomic mass is 15.2. The maximum Gasteiger partial charge on any atom is 0.0109 e. The Morgan fingerprint density at radius 1 is 0.767 bits per heavy atom. The molecule has 0 atom stereocenters. The van der Waals surface area contributed by atoms with Gasteiger partial charge in [0, 0.05) is 19.6 Å². The molecule has 0 aromatic rings.